The molecule has 3 nitrogen and oxygen atoms in total. The summed E-state index contributed by atoms with van der Waals surface area (Å²) in [7, 11) is 0. The SMILES string of the molecule is O=C([C@@H]1CCC[NH+](Cc2cccc(Br)c2)C1)N1CCc2ccccc2C1. The van der Waals surface area contributed by atoms with E-state index in [0.29, 0.717) is 5.91 Å². The summed E-state index contributed by atoms with van der Waals surface area (Å²) < 4.78 is 1.13. The van der Waals surface area contributed by atoms with Crippen molar-refractivity contribution >= 4 is 21.8 Å². The normalized spacial score (nSPS) is 22.7. The number of carbonyl (C=O) groups excluding carboxylic acids is 1. The number of amides is 1. The quantitative estimate of drug-likeness (QED) is 0.821. The molecule has 0 radical (unpaired) electrons. The zero-order valence-electron chi connectivity index (χ0n) is 15.1. The molecule has 0 aromatic heterocycles. The molecule has 1 N–H and O–H groups in total. The maximum absolute atomic E-state index is 13.1. The van der Waals surface area contributed by atoms with Gasteiger partial charge in [-0.25, -0.2) is 0 Å². The van der Waals surface area contributed by atoms with Gasteiger partial charge in [-0.15, -0.1) is 0 Å². The van der Waals surface area contributed by atoms with Crippen LogP contribution in [0.5, 0.6) is 0 Å². The van der Waals surface area contributed by atoms with Crippen LogP contribution < -0.4 is 4.90 Å². The second kappa shape index (κ2) is 7.93. The third kappa shape index (κ3) is 4.02. The molecule has 2 aliphatic heterocycles. The lowest BCUT2D eigenvalue weighted by Crippen LogP contribution is -3.12. The molecular formula is C22H26BrN2O+. The van der Waals surface area contributed by atoms with E-state index in [9.17, 15) is 4.79 Å². The molecule has 0 aliphatic carbocycles. The Balaban J connectivity index is 1.39. The van der Waals surface area contributed by atoms with Crippen molar-refractivity contribution in [1.82, 2.24) is 4.90 Å². The van der Waals surface area contributed by atoms with E-state index < -0.39 is 0 Å². The number of quaternary nitrogens is 1. The number of halogens is 1. The van der Waals surface area contributed by atoms with Crippen LogP contribution in [0.3, 0.4) is 0 Å². The number of rotatable bonds is 3. The fourth-order valence-electron chi connectivity index (χ4n) is 4.40. The first-order valence-corrected chi connectivity index (χ1v) is 10.4. The van der Waals surface area contributed by atoms with Crippen molar-refractivity contribution in [3.63, 3.8) is 0 Å². The highest BCUT2D eigenvalue weighted by molar-refractivity contribution is 9.10. The van der Waals surface area contributed by atoms with E-state index >= 15 is 0 Å². The largest absolute Gasteiger partial charge is 0.338 e. The number of likely N-dealkylation sites (tertiary alicyclic amines) is 1. The molecular weight excluding hydrogens is 388 g/mol. The molecule has 1 fully saturated rings. The summed E-state index contributed by atoms with van der Waals surface area (Å²) >= 11 is 3.56. The first kappa shape index (κ1) is 17.7. The molecule has 0 spiro atoms. The van der Waals surface area contributed by atoms with Crippen LogP contribution in [0.15, 0.2) is 53.0 Å². The molecule has 1 amide bonds. The Hall–Kier alpha value is -1.65. The number of piperidine rings is 1. The van der Waals surface area contributed by atoms with Gasteiger partial charge in [0.15, 0.2) is 0 Å². The number of nitrogens with one attached hydrogen (secondary N) is 1. The molecule has 1 saturated heterocycles. The van der Waals surface area contributed by atoms with Crippen LogP contribution in [0.4, 0.5) is 0 Å². The Morgan fingerprint density at radius 2 is 2.00 bits per heavy atom. The molecule has 1 unspecified atom stereocenters. The van der Waals surface area contributed by atoms with E-state index in [-0.39, 0.29) is 5.92 Å². The van der Waals surface area contributed by atoms with Gasteiger partial charge in [-0.2, -0.15) is 0 Å². The van der Waals surface area contributed by atoms with Crippen LogP contribution in [-0.4, -0.2) is 30.4 Å². The highest BCUT2D eigenvalue weighted by Gasteiger charge is 2.33. The van der Waals surface area contributed by atoms with E-state index in [0.717, 1.165) is 49.9 Å². The average Bonchev–Trinajstić information content (AvgIpc) is 2.67. The van der Waals surface area contributed by atoms with Gasteiger partial charge in [0, 0.05) is 23.1 Å². The Morgan fingerprint density at radius 1 is 1.15 bits per heavy atom. The van der Waals surface area contributed by atoms with Crippen molar-refractivity contribution in [2.45, 2.75) is 32.4 Å². The lowest BCUT2D eigenvalue weighted by Gasteiger charge is -2.35. The molecule has 2 aromatic carbocycles. The topological polar surface area (TPSA) is 24.8 Å². The van der Waals surface area contributed by atoms with Gasteiger partial charge in [-0.3, -0.25) is 4.79 Å². The zero-order chi connectivity index (χ0) is 17.9. The van der Waals surface area contributed by atoms with Crippen molar-refractivity contribution in [3.8, 4) is 0 Å². The zero-order valence-corrected chi connectivity index (χ0v) is 16.7. The van der Waals surface area contributed by atoms with Crippen molar-refractivity contribution in [2.75, 3.05) is 19.6 Å². The Labute approximate surface area is 164 Å². The highest BCUT2D eigenvalue weighted by Crippen LogP contribution is 2.21. The van der Waals surface area contributed by atoms with Gasteiger partial charge in [0.2, 0.25) is 5.91 Å². The molecule has 136 valence electrons. The Morgan fingerprint density at radius 3 is 2.85 bits per heavy atom. The third-order valence-electron chi connectivity index (χ3n) is 5.75. The number of hydrogen-bond acceptors (Lipinski definition) is 1. The minimum Gasteiger partial charge on any atom is -0.338 e. The van der Waals surface area contributed by atoms with E-state index in [1.807, 2.05) is 0 Å². The first-order valence-electron chi connectivity index (χ1n) is 9.62. The smallest absolute Gasteiger partial charge is 0.231 e. The average molecular weight is 414 g/mol. The first-order chi connectivity index (χ1) is 12.7. The van der Waals surface area contributed by atoms with E-state index in [1.54, 1.807) is 0 Å². The van der Waals surface area contributed by atoms with Gasteiger partial charge in [-0.05, 0) is 42.5 Å². The number of nitrogens with zero attached hydrogens (tertiary/aromatic N) is 1. The summed E-state index contributed by atoms with van der Waals surface area (Å²) in [6, 6.07) is 17.1. The van der Waals surface area contributed by atoms with Gasteiger partial charge in [0.25, 0.3) is 0 Å². The van der Waals surface area contributed by atoms with Gasteiger partial charge in [0.1, 0.15) is 6.54 Å². The minimum atomic E-state index is 0.177. The van der Waals surface area contributed by atoms with Crippen molar-refractivity contribution < 1.29 is 9.69 Å². The van der Waals surface area contributed by atoms with Gasteiger partial charge in [-0.1, -0.05) is 52.3 Å². The van der Waals surface area contributed by atoms with Crippen molar-refractivity contribution in [2.24, 2.45) is 5.92 Å². The molecule has 2 aromatic rings. The highest BCUT2D eigenvalue weighted by atomic mass is 79.9. The molecule has 0 bridgehead atoms. The predicted octanol–water partition coefficient (Wildman–Crippen LogP) is 2.83. The minimum absolute atomic E-state index is 0.177. The fraction of sp³-hybridized carbons (Fsp3) is 0.409. The Bertz CT molecular complexity index is 791. The van der Waals surface area contributed by atoms with Crippen LogP contribution in [0.1, 0.15) is 29.5 Å². The van der Waals surface area contributed by atoms with E-state index in [2.05, 4.69) is 69.4 Å². The number of fused-ring (bicyclic) bond motifs is 1. The molecule has 26 heavy (non-hydrogen) atoms. The second-order valence-electron chi connectivity index (χ2n) is 7.63. The third-order valence-corrected chi connectivity index (χ3v) is 6.25. The lowest BCUT2D eigenvalue weighted by atomic mass is 9.93. The molecule has 2 heterocycles. The monoisotopic (exact) mass is 413 g/mol. The summed E-state index contributed by atoms with van der Waals surface area (Å²) in [4.78, 5) is 16.7. The summed E-state index contributed by atoms with van der Waals surface area (Å²) in [6.45, 7) is 4.79. The molecule has 2 aliphatic rings. The molecule has 4 heteroatoms. The van der Waals surface area contributed by atoms with Crippen LogP contribution in [0, 0.1) is 5.92 Å². The fourth-order valence-corrected chi connectivity index (χ4v) is 4.85. The lowest BCUT2D eigenvalue weighted by molar-refractivity contribution is -0.921. The van der Waals surface area contributed by atoms with Crippen LogP contribution in [-0.2, 0) is 24.3 Å². The van der Waals surface area contributed by atoms with Crippen LogP contribution in [0.25, 0.3) is 0 Å². The Kier molecular flexibility index (Phi) is 5.41. The maximum atomic E-state index is 13.1. The summed E-state index contributed by atoms with van der Waals surface area (Å²) in [5.41, 5.74) is 4.07. The van der Waals surface area contributed by atoms with Crippen molar-refractivity contribution in [3.05, 3.63) is 69.7 Å². The van der Waals surface area contributed by atoms with Crippen LogP contribution in [0.2, 0.25) is 0 Å². The predicted molar refractivity (Wildman–Crippen MR) is 107 cm³/mol. The molecule has 4 rings (SSSR count). The molecule has 0 saturated carbocycles. The van der Waals surface area contributed by atoms with Crippen LogP contribution >= 0.6 is 15.9 Å². The maximum Gasteiger partial charge on any atom is 0.231 e. The van der Waals surface area contributed by atoms with Gasteiger partial charge in [0.05, 0.1) is 19.0 Å². The second-order valence-corrected chi connectivity index (χ2v) is 8.54. The number of hydrogen-bond donors (Lipinski definition) is 1. The van der Waals surface area contributed by atoms with Gasteiger partial charge >= 0.3 is 0 Å². The van der Waals surface area contributed by atoms with E-state index in [4.69, 9.17) is 0 Å². The standard InChI is InChI=1S/C22H25BrN2O/c23-21-9-3-5-17(13-21)14-24-11-4-8-20(15-24)22(26)25-12-10-18-6-1-2-7-19(18)16-25/h1-3,5-7,9,13,20H,4,8,10-12,14-16H2/p+1/t20-/m1/s1. The van der Waals surface area contributed by atoms with E-state index in [1.165, 1.54) is 28.1 Å². The van der Waals surface area contributed by atoms with Gasteiger partial charge < -0.3 is 9.80 Å². The summed E-state index contributed by atoms with van der Waals surface area (Å²) in [5.74, 6) is 0.544. The van der Waals surface area contributed by atoms with Crippen molar-refractivity contribution in [1.29, 1.82) is 0 Å². The number of benzene rings is 2. The summed E-state index contributed by atoms with van der Waals surface area (Å²) in [5, 5.41) is 0. The summed E-state index contributed by atoms with van der Waals surface area (Å²) in [6.07, 6.45) is 3.17. The molecule has 2 atom stereocenters. The number of carbonyl (C=O) groups is 1.